The number of hydrogen-bond acceptors (Lipinski definition) is 7. The minimum absolute atomic E-state index is 0.0364. The largest absolute Gasteiger partial charge is 0.493 e. The fourth-order valence-electron chi connectivity index (χ4n) is 5.47. The Labute approximate surface area is 317 Å². The van der Waals surface area contributed by atoms with E-state index in [0.717, 1.165) is 32.2 Å². The number of anilines is 2. The molecule has 266 valence electrons. The Bertz CT molecular complexity index is 2240. The van der Waals surface area contributed by atoms with Gasteiger partial charge >= 0.3 is 0 Å². The highest BCUT2D eigenvalue weighted by atomic mass is 32.2. The van der Waals surface area contributed by atoms with Gasteiger partial charge in [0, 0.05) is 32.2 Å². The third-order valence-electron chi connectivity index (χ3n) is 8.09. The fourth-order valence-corrected chi connectivity index (χ4v) is 7.39. The average Bonchev–Trinajstić information content (AvgIpc) is 3.54. The van der Waals surface area contributed by atoms with Crippen LogP contribution in [0.2, 0.25) is 0 Å². The normalized spacial score (nSPS) is 11.7. The van der Waals surface area contributed by atoms with Gasteiger partial charge in [-0.05, 0) is 68.8 Å². The second-order valence-electron chi connectivity index (χ2n) is 12.0. The molecule has 53 heavy (non-hydrogen) atoms. The lowest BCUT2D eigenvalue weighted by Gasteiger charge is -2.17. The monoisotopic (exact) mass is 738 g/mol. The number of carbonyl (C=O) groups excluding carboxylic acids is 3. The van der Waals surface area contributed by atoms with Gasteiger partial charge in [0.2, 0.25) is 5.91 Å². The fraction of sp³-hybridized carbons (Fsp3) is 0.116. The number of benzene rings is 5. The van der Waals surface area contributed by atoms with Crippen molar-refractivity contribution >= 4 is 57.7 Å². The minimum atomic E-state index is -0.620. The number of aryl methyl sites for hydroxylation is 2. The maximum Gasteiger partial charge on any atom is 0.272 e. The van der Waals surface area contributed by atoms with Crippen LogP contribution < -0.4 is 20.7 Å². The summed E-state index contributed by atoms with van der Waals surface area (Å²) in [5.74, 6) is -0.592. The van der Waals surface area contributed by atoms with Gasteiger partial charge < -0.3 is 20.7 Å². The molecule has 1 heterocycles. The molecule has 0 saturated carbocycles. The predicted octanol–water partition coefficient (Wildman–Crippen LogP) is 9.71. The summed E-state index contributed by atoms with van der Waals surface area (Å²) in [6.07, 6.45) is 1.60. The van der Waals surface area contributed by atoms with Gasteiger partial charge in [-0.1, -0.05) is 103 Å². The van der Waals surface area contributed by atoms with Crippen molar-refractivity contribution in [3.05, 3.63) is 166 Å². The molecule has 0 saturated heterocycles. The highest BCUT2D eigenvalue weighted by Crippen LogP contribution is 2.38. The summed E-state index contributed by atoms with van der Waals surface area (Å²) in [4.78, 5) is 47.5. The Hall–Kier alpha value is -5.97. The summed E-state index contributed by atoms with van der Waals surface area (Å²) >= 11 is 2.79. The van der Waals surface area contributed by atoms with Gasteiger partial charge in [-0.3, -0.25) is 14.4 Å². The molecular formula is C43H38N4O4S2. The molecule has 5 aromatic carbocycles. The number of thiazole rings is 1. The number of carbonyl (C=O) groups is 3. The number of rotatable bonds is 13. The molecule has 1 aromatic heterocycles. The van der Waals surface area contributed by atoms with Crippen LogP contribution in [0.5, 0.6) is 5.75 Å². The molecule has 3 amide bonds. The summed E-state index contributed by atoms with van der Waals surface area (Å²) in [5.41, 5.74) is 5.39. The molecule has 0 fully saturated rings. The number of thioether (sulfide) groups is 1. The van der Waals surface area contributed by atoms with Gasteiger partial charge in [-0.25, -0.2) is 4.98 Å². The number of amides is 3. The molecule has 10 heteroatoms. The smallest absolute Gasteiger partial charge is 0.272 e. The summed E-state index contributed by atoms with van der Waals surface area (Å²) in [6.45, 7) is 6.36. The molecule has 0 bridgehead atoms. The van der Waals surface area contributed by atoms with Crippen LogP contribution in [0.4, 0.5) is 10.8 Å². The zero-order valence-electron chi connectivity index (χ0n) is 29.5. The molecule has 6 aromatic rings. The van der Waals surface area contributed by atoms with Crippen molar-refractivity contribution in [2.45, 2.75) is 30.9 Å². The van der Waals surface area contributed by atoms with Crippen molar-refractivity contribution in [2.75, 3.05) is 17.2 Å². The van der Waals surface area contributed by atoms with Crippen LogP contribution in [0.25, 0.3) is 17.3 Å². The SMILES string of the molecule is CCOc1ccccc1/C=C(/NC(=O)c1ccccc1)C(=O)Nc1cccc(SC(C(=O)Nc2nc(-c3ccc(C)cc3)c(C)s2)c2ccccc2)c1. The molecule has 0 radical (unpaired) electrons. The third kappa shape index (κ3) is 9.68. The van der Waals surface area contributed by atoms with Crippen LogP contribution in [0.15, 0.2) is 144 Å². The molecule has 8 nitrogen and oxygen atoms in total. The number of nitrogens with zero attached hydrogens (tertiary/aromatic N) is 1. The first kappa shape index (κ1) is 36.8. The van der Waals surface area contributed by atoms with E-state index in [2.05, 4.69) is 16.0 Å². The van der Waals surface area contributed by atoms with E-state index in [1.807, 2.05) is 118 Å². The van der Waals surface area contributed by atoms with Crippen LogP contribution in [0.3, 0.4) is 0 Å². The molecular weight excluding hydrogens is 701 g/mol. The van der Waals surface area contributed by atoms with Crippen LogP contribution in [-0.4, -0.2) is 29.3 Å². The molecule has 0 aliphatic heterocycles. The first-order chi connectivity index (χ1) is 25.8. The topological polar surface area (TPSA) is 109 Å². The predicted molar refractivity (Wildman–Crippen MR) is 215 cm³/mol. The van der Waals surface area contributed by atoms with E-state index < -0.39 is 17.1 Å². The minimum Gasteiger partial charge on any atom is -0.493 e. The van der Waals surface area contributed by atoms with Crippen molar-refractivity contribution in [3.8, 4) is 17.0 Å². The molecule has 3 N–H and O–H groups in total. The maximum absolute atomic E-state index is 13.9. The number of hydrogen-bond donors (Lipinski definition) is 3. The van der Waals surface area contributed by atoms with E-state index >= 15 is 0 Å². The maximum atomic E-state index is 13.9. The van der Waals surface area contributed by atoms with Gasteiger partial charge in [0.1, 0.15) is 16.7 Å². The summed E-state index contributed by atoms with van der Waals surface area (Å²) < 4.78 is 5.77. The van der Waals surface area contributed by atoms with E-state index in [9.17, 15) is 14.4 Å². The standard InChI is InChI=1S/C43H38N4O4S2/c1-4-51-37-21-12-11-18-33(37)26-36(45-40(48)32-16-9-6-10-17-32)41(49)44-34-19-13-20-35(27-34)53-39(31-14-7-5-8-15-31)42(50)47-43-46-38(29(3)52-43)30-24-22-28(2)23-25-30/h5-27,39H,4H2,1-3H3,(H,44,49)(H,45,48)(H,46,47,50)/b36-26+. The first-order valence-corrected chi connectivity index (χ1v) is 18.7. The van der Waals surface area contributed by atoms with Gasteiger partial charge in [-0.2, -0.15) is 0 Å². The second kappa shape index (κ2) is 17.5. The second-order valence-corrected chi connectivity index (χ2v) is 14.4. The van der Waals surface area contributed by atoms with Crippen molar-refractivity contribution in [2.24, 2.45) is 0 Å². The van der Waals surface area contributed by atoms with Crippen LogP contribution in [0.1, 0.15) is 44.1 Å². The third-order valence-corrected chi connectivity index (χ3v) is 10.2. The highest BCUT2D eigenvalue weighted by molar-refractivity contribution is 8.00. The Morgan fingerprint density at radius 2 is 1.51 bits per heavy atom. The number of nitrogens with one attached hydrogen (secondary N) is 3. The van der Waals surface area contributed by atoms with E-state index in [1.54, 1.807) is 42.5 Å². The van der Waals surface area contributed by atoms with Gasteiger partial charge in [0.25, 0.3) is 11.8 Å². The van der Waals surface area contributed by atoms with E-state index in [-0.39, 0.29) is 11.6 Å². The quantitative estimate of drug-likeness (QED) is 0.0805. The molecule has 6 rings (SSSR count). The van der Waals surface area contributed by atoms with Gasteiger partial charge in [0.05, 0.1) is 12.3 Å². The molecule has 0 spiro atoms. The van der Waals surface area contributed by atoms with Crippen LogP contribution in [-0.2, 0) is 9.59 Å². The highest BCUT2D eigenvalue weighted by Gasteiger charge is 2.24. The lowest BCUT2D eigenvalue weighted by atomic mass is 10.1. The van der Waals surface area contributed by atoms with Gasteiger partial charge in [-0.15, -0.1) is 23.1 Å². The summed E-state index contributed by atoms with van der Waals surface area (Å²) in [7, 11) is 0. The molecule has 1 atom stereocenters. The van der Waals surface area contributed by atoms with Crippen LogP contribution >= 0.6 is 23.1 Å². The molecule has 0 aliphatic carbocycles. The van der Waals surface area contributed by atoms with E-state index in [4.69, 9.17) is 9.72 Å². The summed E-state index contributed by atoms with van der Waals surface area (Å²) in [5, 5.41) is 8.68. The zero-order valence-corrected chi connectivity index (χ0v) is 31.1. The van der Waals surface area contributed by atoms with Crippen molar-refractivity contribution < 1.29 is 19.1 Å². The Balaban J connectivity index is 1.23. The number of ether oxygens (including phenoxy) is 1. The van der Waals surface area contributed by atoms with E-state index in [0.29, 0.717) is 34.3 Å². The zero-order chi connectivity index (χ0) is 37.2. The van der Waals surface area contributed by atoms with Crippen LogP contribution in [0, 0.1) is 13.8 Å². The summed E-state index contributed by atoms with van der Waals surface area (Å²) in [6, 6.07) is 41.0. The Morgan fingerprint density at radius 3 is 2.25 bits per heavy atom. The average molecular weight is 739 g/mol. The lowest BCUT2D eigenvalue weighted by Crippen LogP contribution is -2.30. The van der Waals surface area contributed by atoms with Crippen molar-refractivity contribution in [3.63, 3.8) is 0 Å². The van der Waals surface area contributed by atoms with E-state index in [1.165, 1.54) is 23.1 Å². The van der Waals surface area contributed by atoms with Crippen molar-refractivity contribution in [1.29, 1.82) is 0 Å². The number of aromatic nitrogens is 1. The first-order valence-electron chi connectivity index (χ1n) is 17.1. The van der Waals surface area contributed by atoms with Gasteiger partial charge in [0.15, 0.2) is 5.13 Å². The Kier molecular flexibility index (Phi) is 12.2. The molecule has 1 unspecified atom stereocenters. The Morgan fingerprint density at radius 1 is 0.811 bits per heavy atom. The number of para-hydroxylation sites is 1. The van der Waals surface area contributed by atoms with Crippen molar-refractivity contribution in [1.82, 2.24) is 10.3 Å². The lowest BCUT2D eigenvalue weighted by molar-refractivity contribution is -0.116. The molecule has 0 aliphatic rings.